The van der Waals surface area contributed by atoms with Crippen LogP contribution in [0.3, 0.4) is 0 Å². The normalized spacial score (nSPS) is 11.8. The molecule has 0 amide bonds. The van der Waals surface area contributed by atoms with E-state index in [1.54, 1.807) is 0 Å². The Bertz CT molecular complexity index is 1260. The Balaban J connectivity index is 1.71. The fourth-order valence-corrected chi connectivity index (χ4v) is 2.83. The molecule has 2 aromatic heterocycles. The molecule has 0 aliphatic heterocycles. The van der Waals surface area contributed by atoms with Crippen LogP contribution in [-0.2, 0) is 12.7 Å². The summed E-state index contributed by atoms with van der Waals surface area (Å²) in [6.45, 7) is -0.379. The van der Waals surface area contributed by atoms with Gasteiger partial charge in [-0.15, -0.1) is 10.2 Å². The molecule has 0 atom stereocenters. The number of benzene rings is 2. The van der Waals surface area contributed by atoms with Crippen LogP contribution in [0.5, 0.6) is 0 Å². The van der Waals surface area contributed by atoms with E-state index in [0.717, 1.165) is 33.6 Å². The molecule has 0 spiro atoms. The molecule has 154 valence electrons. The van der Waals surface area contributed by atoms with E-state index in [2.05, 4.69) is 20.6 Å². The van der Waals surface area contributed by atoms with Crippen molar-refractivity contribution >= 4 is 11.6 Å². The second kappa shape index (κ2) is 7.37. The van der Waals surface area contributed by atoms with Crippen molar-refractivity contribution in [3.05, 3.63) is 75.2 Å². The number of aromatic nitrogens is 6. The number of halogens is 5. The van der Waals surface area contributed by atoms with Gasteiger partial charge in [-0.1, -0.05) is 11.6 Å². The lowest BCUT2D eigenvalue weighted by molar-refractivity contribution is -0.137. The molecule has 4 rings (SSSR count). The number of hydrogen-bond donors (Lipinski definition) is 0. The number of alkyl halides is 3. The fraction of sp³-hybridized carbons (Fsp3) is 0.118. The van der Waals surface area contributed by atoms with Crippen LogP contribution >= 0.6 is 11.6 Å². The second-order valence-corrected chi connectivity index (χ2v) is 6.44. The Morgan fingerprint density at radius 2 is 1.83 bits per heavy atom. The Morgan fingerprint density at radius 3 is 2.53 bits per heavy atom. The topological polar surface area (TPSA) is 91.6 Å². The molecule has 0 bridgehead atoms. The summed E-state index contributed by atoms with van der Waals surface area (Å²) < 4.78 is 60.0. The van der Waals surface area contributed by atoms with E-state index in [9.17, 15) is 22.4 Å². The monoisotopic (exact) mass is 440 g/mol. The van der Waals surface area contributed by atoms with Gasteiger partial charge < -0.3 is 4.42 Å². The van der Waals surface area contributed by atoms with Gasteiger partial charge in [-0.2, -0.15) is 22.5 Å². The summed E-state index contributed by atoms with van der Waals surface area (Å²) in [5, 5.41) is 14.5. The first-order valence-electron chi connectivity index (χ1n) is 8.20. The van der Waals surface area contributed by atoms with Crippen molar-refractivity contribution in [3.63, 3.8) is 0 Å². The van der Waals surface area contributed by atoms with Gasteiger partial charge in [0, 0.05) is 10.6 Å². The quantitative estimate of drug-likeness (QED) is 0.452. The van der Waals surface area contributed by atoms with E-state index >= 15 is 0 Å². The van der Waals surface area contributed by atoms with Crippen LogP contribution in [0.15, 0.2) is 51.7 Å². The first-order chi connectivity index (χ1) is 14.2. The maximum atomic E-state index is 13.4. The average molecular weight is 441 g/mol. The zero-order valence-electron chi connectivity index (χ0n) is 14.6. The van der Waals surface area contributed by atoms with Crippen molar-refractivity contribution in [3.8, 4) is 17.1 Å². The predicted molar refractivity (Wildman–Crippen MR) is 94.4 cm³/mol. The predicted octanol–water partition coefficient (Wildman–Crippen LogP) is 3.34. The van der Waals surface area contributed by atoms with Gasteiger partial charge in [0.05, 0.1) is 11.3 Å². The van der Waals surface area contributed by atoms with Crippen LogP contribution in [0.25, 0.3) is 17.1 Å². The highest BCUT2D eigenvalue weighted by Gasteiger charge is 2.35. The fourth-order valence-electron chi connectivity index (χ4n) is 2.66. The number of rotatable bonds is 4. The zero-order chi connectivity index (χ0) is 21.5. The minimum absolute atomic E-state index is 0.0958. The Morgan fingerprint density at radius 1 is 1.10 bits per heavy atom. The smallest absolute Gasteiger partial charge is 0.388 e. The lowest BCUT2D eigenvalue weighted by atomic mass is 10.1. The van der Waals surface area contributed by atoms with Gasteiger partial charge in [-0.3, -0.25) is 0 Å². The molecule has 0 aliphatic carbocycles. The lowest BCUT2D eigenvalue weighted by Gasteiger charge is -2.13. The molecule has 2 aromatic carbocycles. The summed E-state index contributed by atoms with van der Waals surface area (Å²) in [5.74, 6) is -1.58. The van der Waals surface area contributed by atoms with E-state index in [1.807, 2.05) is 0 Å². The van der Waals surface area contributed by atoms with Gasteiger partial charge in [-0.05, 0) is 52.9 Å². The zero-order valence-corrected chi connectivity index (χ0v) is 15.4. The molecule has 0 saturated heterocycles. The molecule has 8 nitrogen and oxygen atoms in total. The first-order valence-corrected chi connectivity index (χ1v) is 8.58. The van der Waals surface area contributed by atoms with Crippen LogP contribution in [-0.4, -0.2) is 30.0 Å². The van der Waals surface area contributed by atoms with Crippen LogP contribution in [0.4, 0.5) is 17.6 Å². The molecule has 0 aliphatic rings. The minimum atomic E-state index is -4.72. The third-order valence-corrected chi connectivity index (χ3v) is 4.25. The van der Waals surface area contributed by atoms with Gasteiger partial charge in [0.25, 0.3) is 0 Å². The summed E-state index contributed by atoms with van der Waals surface area (Å²) in [7, 11) is 0. The van der Waals surface area contributed by atoms with E-state index in [0.29, 0.717) is 5.56 Å². The van der Waals surface area contributed by atoms with Gasteiger partial charge in [-0.25, -0.2) is 9.18 Å². The average Bonchev–Trinajstić information content (AvgIpc) is 3.29. The molecule has 30 heavy (non-hydrogen) atoms. The standard InChI is InChI=1S/C17H9ClF4N6O2/c18-10-3-6-13(12(7-10)17(20,21)22)28-14(23-25-26-28)8-27-16(29)30-15(24-27)9-1-4-11(19)5-2-9/h1-7H,8H2. The Hall–Kier alpha value is -3.54. The third-order valence-electron chi connectivity index (χ3n) is 4.01. The molecular weight excluding hydrogens is 432 g/mol. The molecule has 0 fully saturated rings. The lowest BCUT2D eigenvalue weighted by Crippen LogP contribution is -2.20. The largest absolute Gasteiger partial charge is 0.437 e. The molecule has 4 aromatic rings. The SMILES string of the molecule is O=c1oc(-c2ccc(F)cc2)nn1Cc1nnnn1-c1ccc(Cl)cc1C(F)(F)F. The van der Waals surface area contributed by atoms with Gasteiger partial charge >= 0.3 is 11.9 Å². The molecular formula is C17H9ClF4N6O2. The molecule has 0 radical (unpaired) electrons. The van der Waals surface area contributed by atoms with Gasteiger partial charge in [0.15, 0.2) is 5.82 Å². The summed E-state index contributed by atoms with van der Waals surface area (Å²) in [4.78, 5) is 12.1. The molecule has 0 saturated carbocycles. The summed E-state index contributed by atoms with van der Waals surface area (Å²) in [5.41, 5.74) is -1.09. The number of hydrogen-bond acceptors (Lipinski definition) is 6. The highest BCUT2D eigenvalue weighted by Crippen LogP contribution is 2.35. The maximum absolute atomic E-state index is 13.4. The van der Waals surface area contributed by atoms with Crippen molar-refractivity contribution in [2.24, 2.45) is 0 Å². The van der Waals surface area contributed by atoms with Crippen molar-refractivity contribution in [2.45, 2.75) is 12.7 Å². The van der Waals surface area contributed by atoms with Crippen LogP contribution in [0.1, 0.15) is 11.4 Å². The molecule has 0 N–H and O–H groups in total. The van der Waals surface area contributed by atoms with E-state index in [-0.39, 0.29) is 29.0 Å². The minimum Gasteiger partial charge on any atom is -0.388 e. The Labute approximate surface area is 169 Å². The van der Waals surface area contributed by atoms with Crippen LogP contribution in [0, 0.1) is 5.82 Å². The van der Waals surface area contributed by atoms with E-state index in [4.69, 9.17) is 16.0 Å². The van der Waals surface area contributed by atoms with Crippen molar-refractivity contribution in [1.82, 2.24) is 30.0 Å². The van der Waals surface area contributed by atoms with Crippen LogP contribution in [0.2, 0.25) is 5.02 Å². The van der Waals surface area contributed by atoms with E-state index < -0.39 is 23.3 Å². The van der Waals surface area contributed by atoms with E-state index in [1.165, 1.54) is 18.2 Å². The molecule has 13 heteroatoms. The second-order valence-electron chi connectivity index (χ2n) is 6.00. The van der Waals surface area contributed by atoms with Crippen molar-refractivity contribution < 1.29 is 22.0 Å². The number of nitrogens with zero attached hydrogens (tertiary/aromatic N) is 6. The van der Waals surface area contributed by atoms with Crippen LogP contribution < -0.4 is 5.76 Å². The van der Waals surface area contributed by atoms with Crippen molar-refractivity contribution in [1.29, 1.82) is 0 Å². The highest BCUT2D eigenvalue weighted by molar-refractivity contribution is 6.30. The third kappa shape index (κ3) is 3.81. The first kappa shape index (κ1) is 19.8. The highest BCUT2D eigenvalue weighted by atomic mass is 35.5. The summed E-state index contributed by atoms with van der Waals surface area (Å²) >= 11 is 5.69. The summed E-state index contributed by atoms with van der Waals surface area (Å²) in [6.07, 6.45) is -4.72. The van der Waals surface area contributed by atoms with Gasteiger partial charge in [0.2, 0.25) is 5.89 Å². The number of tetrazole rings is 1. The maximum Gasteiger partial charge on any atom is 0.437 e. The molecule has 2 heterocycles. The van der Waals surface area contributed by atoms with Gasteiger partial charge in [0.1, 0.15) is 12.4 Å². The summed E-state index contributed by atoms with van der Waals surface area (Å²) in [6, 6.07) is 8.16. The Kier molecular flexibility index (Phi) is 4.86. The van der Waals surface area contributed by atoms with Crippen molar-refractivity contribution in [2.75, 3.05) is 0 Å². The molecule has 0 unspecified atom stereocenters.